The molecular weight excluding hydrogens is 296 g/mol. The number of aliphatic hydroxyl groups excluding tert-OH is 1. The zero-order valence-corrected chi connectivity index (χ0v) is 13.1. The number of hydrogen-bond donors (Lipinski definition) is 2. The summed E-state index contributed by atoms with van der Waals surface area (Å²) in [6.45, 7) is 1.43. The number of benzene rings is 1. The van der Waals surface area contributed by atoms with E-state index < -0.39 is 5.54 Å². The van der Waals surface area contributed by atoms with Crippen LogP contribution in [0.3, 0.4) is 0 Å². The number of phenolic OH excluding ortho intramolecular Hbond substituents is 1. The highest BCUT2D eigenvalue weighted by atomic mass is 16.3. The molecule has 0 bridgehead atoms. The van der Waals surface area contributed by atoms with Crippen molar-refractivity contribution in [3.63, 3.8) is 0 Å². The number of hydrogen-bond acceptors (Lipinski definition) is 4. The van der Waals surface area contributed by atoms with Crippen molar-refractivity contribution < 1.29 is 19.8 Å². The lowest BCUT2D eigenvalue weighted by molar-refractivity contribution is -0.146. The van der Waals surface area contributed by atoms with Crippen LogP contribution in [0.2, 0.25) is 0 Å². The van der Waals surface area contributed by atoms with Crippen LogP contribution in [0.15, 0.2) is 24.3 Å². The van der Waals surface area contributed by atoms with Crippen LogP contribution in [-0.4, -0.2) is 63.6 Å². The third-order valence-corrected chi connectivity index (χ3v) is 4.90. The largest absolute Gasteiger partial charge is 0.508 e. The van der Waals surface area contributed by atoms with Crippen molar-refractivity contribution in [3.8, 4) is 5.75 Å². The first kappa shape index (κ1) is 15.8. The average Bonchev–Trinajstić information content (AvgIpc) is 2.96. The van der Waals surface area contributed by atoms with Crippen LogP contribution >= 0.6 is 0 Å². The highest BCUT2D eigenvalue weighted by Crippen LogP contribution is 2.39. The van der Waals surface area contributed by atoms with Gasteiger partial charge in [0.1, 0.15) is 11.3 Å². The van der Waals surface area contributed by atoms with E-state index in [-0.39, 0.29) is 24.2 Å². The molecule has 1 atom stereocenters. The predicted molar refractivity (Wildman–Crippen MR) is 84.0 cm³/mol. The number of carbonyl (C=O) groups is 2. The van der Waals surface area contributed by atoms with Crippen LogP contribution in [0.25, 0.3) is 0 Å². The SMILES string of the molecule is O=C(c1cccc(O)c1)N1CCCC12CCCN(CCO)C2=O. The first-order chi connectivity index (χ1) is 11.1. The quantitative estimate of drug-likeness (QED) is 0.870. The predicted octanol–water partition coefficient (Wildman–Crippen LogP) is 0.982. The number of β-amino-alcohol motifs (C(OH)–C–C–N with tert-alkyl or cyclic N) is 1. The van der Waals surface area contributed by atoms with E-state index >= 15 is 0 Å². The monoisotopic (exact) mass is 318 g/mol. The zero-order valence-electron chi connectivity index (χ0n) is 13.1. The van der Waals surface area contributed by atoms with E-state index in [9.17, 15) is 14.7 Å². The first-order valence-corrected chi connectivity index (χ1v) is 8.10. The highest BCUT2D eigenvalue weighted by Gasteiger charge is 2.52. The minimum absolute atomic E-state index is 0.0426. The van der Waals surface area contributed by atoms with Crippen LogP contribution < -0.4 is 0 Å². The molecule has 2 amide bonds. The Labute approximate surface area is 135 Å². The number of piperidine rings is 1. The number of aromatic hydroxyl groups is 1. The van der Waals surface area contributed by atoms with Gasteiger partial charge in [0.15, 0.2) is 0 Å². The van der Waals surface area contributed by atoms with E-state index in [1.807, 2.05) is 0 Å². The van der Waals surface area contributed by atoms with E-state index in [0.717, 1.165) is 12.8 Å². The Kier molecular flexibility index (Phi) is 4.26. The summed E-state index contributed by atoms with van der Waals surface area (Å²) in [4.78, 5) is 29.1. The molecule has 2 aliphatic heterocycles. The van der Waals surface area contributed by atoms with Gasteiger partial charge in [-0.15, -0.1) is 0 Å². The van der Waals surface area contributed by atoms with Gasteiger partial charge in [-0.05, 0) is 43.9 Å². The summed E-state index contributed by atoms with van der Waals surface area (Å²) in [5.74, 6) is -0.220. The number of nitrogens with zero attached hydrogens (tertiary/aromatic N) is 2. The number of phenols is 1. The van der Waals surface area contributed by atoms with Crippen molar-refractivity contribution >= 4 is 11.8 Å². The smallest absolute Gasteiger partial charge is 0.254 e. The maximum absolute atomic E-state index is 12.9. The van der Waals surface area contributed by atoms with Gasteiger partial charge in [0.05, 0.1) is 6.61 Å². The van der Waals surface area contributed by atoms with E-state index in [0.29, 0.717) is 38.0 Å². The fraction of sp³-hybridized carbons (Fsp3) is 0.529. The Bertz CT molecular complexity index is 616. The summed E-state index contributed by atoms with van der Waals surface area (Å²) < 4.78 is 0. The summed E-state index contributed by atoms with van der Waals surface area (Å²) in [7, 11) is 0. The Hall–Kier alpha value is -2.08. The second-order valence-corrected chi connectivity index (χ2v) is 6.26. The molecule has 2 fully saturated rings. The fourth-order valence-electron chi connectivity index (χ4n) is 3.85. The summed E-state index contributed by atoms with van der Waals surface area (Å²) in [5, 5.41) is 18.7. The van der Waals surface area contributed by atoms with Gasteiger partial charge in [-0.25, -0.2) is 0 Å². The van der Waals surface area contributed by atoms with Crippen molar-refractivity contribution in [2.45, 2.75) is 31.2 Å². The maximum Gasteiger partial charge on any atom is 0.254 e. The van der Waals surface area contributed by atoms with Gasteiger partial charge in [-0.1, -0.05) is 6.07 Å². The minimum Gasteiger partial charge on any atom is -0.508 e. The summed E-state index contributed by atoms with van der Waals surface area (Å²) in [6.07, 6.45) is 2.95. The topological polar surface area (TPSA) is 81.1 Å². The Morgan fingerprint density at radius 2 is 1.96 bits per heavy atom. The van der Waals surface area contributed by atoms with Crippen LogP contribution in [-0.2, 0) is 4.79 Å². The highest BCUT2D eigenvalue weighted by molar-refractivity contribution is 6.00. The van der Waals surface area contributed by atoms with Crippen LogP contribution in [0.1, 0.15) is 36.0 Å². The number of aliphatic hydroxyl groups is 1. The Morgan fingerprint density at radius 1 is 1.22 bits per heavy atom. The molecule has 1 unspecified atom stereocenters. The van der Waals surface area contributed by atoms with Gasteiger partial charge in [0.2, 0.25) is 5.91 Å². The van der Waals surface area contributed by atoms with E-state index in [1.54, 1.807) is 21.9 Å². The zero-order chi connectivity index (χ0) is 16.4. The van der Waals surface area contributed by atoms with Gasteiger partial charge in [0, 0.05) is 25.2 Å². The molecule has 1 aromatic rings. The fourth-order valence-corrected chi connectivity index (χ4v) is 3.85. The molecule has 3 rings (SSSR count). The van der Waals surface area contributed by atoms with Gasteiger partial charge < -0.3 is 20.0 Å². The first-order valence-electron chi connectivity index (χ1n) is 8.10. The molecule has 1 spiro atoms. The minimum atomic E-state index is -0.782. The van der Waals surface area contributed by atoms with Crippen LogP contribution in [0.4, 0.5) is 0 Å². The maximum atomic E-state index is 12.9. The molecule has 0 saturated carbocycles. The van der Waals surface area contributed by atoms with E-state index in [1.165, 1.54) is 12.1 Å². The van der Waals surface area contributed by atoms with Gasteiger partial charge >= 0.3 is 0 Å². The van der Waals surface area contributed by atoms with Gasteiger partial charge in [-0.3, -0.25) is 9.59 Å². The molecular formula is C17H22N2O4. The molecule has 0 radical (unpaired) electrons. The lowest BCUT2D eigenvalue weighted by Gasteiger charge is -2.44. The third-order valence-electron chi connectivity index (χ3n) is 4.90. The van der Waals surface area contributed by atoms with Crippen molar-refractivity contribution in [2.24, 2.45) is 0 Å². The normalized spacial score (nSPS) is 24.5. The molecule has 2 heterocycles. The Balaban J connectivity index is 1.90. The van der Waals surface area contributed by atoms with Gasteiger partial charge in [-0.2, -0.15) is 0 Å². The molecule has 124 valence electrons. The van der Waals surface area contributed by atoms with Crippen molar-refractivity contribution in [1.29, 1.82) is 0 Å². The average molecular weight is 318 g/mol. The Morgan fingerprint density at radius 3 is 2.65 bits per heavy atom. The number of rotatable bonds is 3. The third kappa shape index (κ3) is 2.67. The summed E-state index contributed by atoms with van der Waals surface area (Å²) in [5.41, 5.74) is -0.381. The van der Waals surface area contributed by atoms with E-state index in [2.05, 4.69) is 0 Å². The molecule has 2 N–H and O–H groups in total. The number of carbonyl (C=O) groups excluding carboxylic acids is 2. The van der Waals surface area contributed by atoms with Crippen molar-refractivity contribution in [2.75, 3.05) is 26.2 Å². The molecule has 6 heteroatoms. The number of likely N-dealkylation sites (tertiary alicyclic amines) is 2. The lowest BCUT2D eigenvalue weighted by atomic mass is 9.85. The standard InChI is InChI=1S/C17H22N2O4/c20-11-10-18-8-2-6-17(16(18)23)7-3-9-19(17)15(22)13-4-1-5-14(21)12-13/h1,4-5,12,20-21H,2-3,6-11H2. The molecule has 0 aromatic heterocycles. The molecule has 2 aliphatic rings. The molecule has 2 saturated heterocycles. The van der Waals surface area contributed by atoms with Crippen LogP contribution in [0, 0.1) is 0 Å². The molecule has 0 aliphatic carbocycles. The number of amides is 2. The molecule has 23 heavy (non-hydrogen) atoms. The summed E-state index contributed by atoms with van der Waals surface area (Å²) >= 11 is 0. The second-order valence-electron chi connectivity index (χ2n) is 6.26. The second kappa shape index (κ2) is 6.20. The molecule has 1 aromatic carbocycles. The van der Waals surface area contributed by atoms with E-state index in [4.69, 9.17) is 5.11 Å². The van der Waals surface area contributed by atoms with Gasteiger partial charge in [0.25, 0.3) is 5.91 Å². The summed E-state index contributed by atoms with van der Waals surface area (Å²) in [6, 6.07) is 6.25. The van der Waals surface area contributed by atoms with Crippen molar-refractivity contribution in [3.05, 3.63) is 29.8 Å². The van der Waals surface area contributed by atoms with Crippen LogP contribution in [0.5, 0.6) is 5.75 Å². The van der Waals surface area contributed by atoms with Crippen molar-refractivity contribution in [1.82, 2.24) is 9.80 Å². The lowest BCUT2D eigenvalue weighted by Crippen LogP contribution is -2.61. The molecule has 6 nitrogen and oxygen atoms in total.